The number of rotatable bonds is 3. The van der Waals surface area contributed by atoms with Crippen molar-refractivity contribution in [3.8, 4) is 11.3 Å². The molecule has 6 rings (SSSR count). The van der Waals surface area contributed by atoms with Crippen LogP contribution >= 0.6 is 0 Å². The summed E-state index contributed by atoms with van der Waals surface area (Å²) in [7, 11) is 6.91. The van der Waals surface area contributed by atoms with Gasteiger partial charge >= 0.3 is 7.98 Å². The first-order valence-electron chi connectivity index (χ1n) is 14.1. The molecular formula is C37H36BN2+. The van der Waals surface area contributed by atoms with E-state index in [4.69, 9.17) is 7.98 Å². The third-order valence-corrected chi connectivity index (χ3v) is 8.05. The highest BCUT2D eigenvalue weighted by molar-refractivity contribution is 6.22. The lowest BCUT2D eigenvalue weighted by Crippen LogP contribution is -2.15. The Labute approximate surface area is 239 Å². The predicted molar refractivity (Wildman–Crippen MR) is 171 cm³/mol. The molecule has 0 amide bonds. The van der Waals surface area contributed by atoms with Gasteiger partial charge in [0.05, 0.1) is 22.5 Å². The highest BCUT2D eigenvalue weighted by atomic mass is 15.0. The van der Waals surface area contributed by atoms with Gasteiger partial charge < -0.3 is 4.98 Å². The summed E-state index contributed by atoms with van der Waals surface area (Å²) in [6.07, 6.45) is 2.20. The number of nitrogens with zero attached hydrogens (tertiary/aromatic N) is 1. The Morgan fingerprint density at radius 3 is 1.68 bits per heavy atom. The number of aromatic nitrogens is 1. The quantitative estimate of drug-likeness (QED) is 0.230. The zero-order valence-electron chi connectivity index (χ0n) is 24.3. The van der Waals surface area contributed by atoms with Gasteiger partial charge in [-0.1, -0.05) is 114 Å². The third-order valence-electron chi connectivity index (χ3n) is 8.05. The van der Waals surface area contributed by atoms with E-state index in [0.717, 1.165) is 39.5 Å². The Morgan fingerprint density at radius 1 is 0.600 bits per heavy atom. The van der Waals surface area contributed by atoms with Gasteiger partial charge in [-0.2, -0.15) is 0 Å². The summed E-state index contributed by atoms with van der Waals surface area (Å²) in [4.78, 5) is 3.75. The zero-order chi connectivity index (χ0) is 28.2. The van der Waals surface area contributed by atoms with Crippen molar-refractivity contribution >= 4 is 36.2 Å². The molecule has 1 aliphatic rings. The number of hydrogen-bond donors (Lipinski definition) is 1. The van der Waals surface area contributed by atoms with Crippen molar-refractivity contribution in [2.45, 2.75) is 52.4 Å². The van der Waals surface area contributed by atoms with Crippen LogP contribution in [0.25, 0.3) is 33.8 Å². The van der Waals surface area contributed by atoms with Gasteiger partial charge in [-0.3, -0.25) is 4.49 Å². The van der Waals surface area contributed by atoms with E-state index in [0.29, 0.717) is 0 Å². The summed E-state index contributed by atoms with van der Waals surface area (Å²) in [6.45, 7) is 13.5. The van der Waals surface area contributed by atoms with Crippen LogP contribution in [0.5, 0.6) is 0 Å². The summed E-state index contributed by atoms with van der Waals surface area (Å²) < 4.78 is 1.85. The van der Waals surface area contributed by atoms with Crippen LogP contribution in [-0.2, 0) is 10.8 Å². The summed E-state index contributed by atoms with van der Waals surface area (Å²) in [5, 5.41) is 2.38. The zero-order valence-corrected chi connectivity index (χ0v) is 24.3. The molecule has 0 atom stereocenters. The molecule has 0 saturated carbocycles. The van der Waals surface area contributed by atoms with Crippen molar-refractivity contribution < 1.29 is 4.49 Å². The largest absolute Gasteiger partial charge is 0.587 e. The fourth-order valence-corrected chi connectivity index (χ4v) is 5.68. The van der Waals surface area contributed by atoms with Crippen molar-refractivity contribution in [1.29, 1.82) is 0 Å². The number of H-pyrrole nitrogens is 1. The molecule has 4 aromatic carbocycles. The molecule has 1 N–H and O–H groups in total. The van der Waals surface area contributed by atoms with E-state index in [1.165, 1.54) is 27.5 Å². The lowest BCUT2D eigenvalue weighted by molar-refractivity contribution is -0.250. The smallest absolute Gasteiger partial charge is 0.354 e. The first-order chi connectivity index (χ1) is 19.0. The molecule has 2 heterocycles. The first kappa shape index (κ1) is 26.1. The van der Waals surface area contributed by atoms with Gasteiger partial charge in [0, 0.05) is 22.4 Å². The minimum absolute atomic E-state index is 0.101. The molecule has 2 nitrogen and oxygen atoms in total. The third kappa shape index (κ3) is 4.54. The van der Waals surface area contributed by atoms with Gasteiger partial charge in [0.15, 0.2) is 11.4 Å². The van der Waals surface area contributed by atoms with E-state index >= 15 is 0 Å². The minimum atomic E-state index is 0.101. The molecule has 3 heteroatoms. The molecule has 5 aromatic rings. The van der Waals surface area contributed by atoms with Gasteiger partial charge in [-0.05, 0) is 51.8 Å². The standard InChI is InChI=1S/C37H36BN2/c1-36(2,3)26-19-15-24(16-20-26)34-30-13-9-7-11-28(30)32(39-34)23-33-29-12-8-10-14-31(29)35(40(33)38)25-17-21-27(22-18-25)37(4,5)6/h7-23,39H,1-6H3/q+1. The van der Waals surface area contributed by atoms with Crippen LogP contribution in [0.2, 0.25) is 0 Å². The number of nitrogens with one attached hydrogen (secondary N) is 1. The average molecular weight is 520 g/mol. The van der Waals surface area contributed by atoms with Crippen molar-refractivity contribution in [3.05, 3.63) is 131 Å². The molecule has 0 saturated heterocycles. The van der Waals surface area contributed by atoms with Crippen LogP contribution < -0.4 is 0 Å². The molecule has 196 valence electrons. The molecule has 40 heavy (non-hydrogen) atoms. The Morgan fingerprint density at radius 2 is 1.10 bits per heavy atom. The van der Waals surface area contributed by atoms with Crippen LogP contribution in [0.1, 0.15) is 75.1 Å². The number of benzene rings is 4. The molecule has 0 fully saturated rings. The van der Waals surface area contributed by atoms with Gasteiger partial charge in [-0.25, -0.2) is 0 Å². The molecular weight excluding hydrogens is 483 g/mol. The lowest BCUT2D eigenvalue weighted by atomic mass is 9.86. The second kappa shape index (κ2) is 9.52. The lowest BCUT2D eigenvalue weighted by Gasteiger charge is -2.19. The van der Waals surface area contributed by atoms with Gasteiger partial charge in [0.2, 0.25) is 0 Å². The van der Waals surface area contributed by atoms with Crippen LogP contribution in [0.4, 0.5) is 0 Å². The van der Waals surface area contributed by atoms with E-state index in [9.17, 15) is 0 Å². The highest BCUT2D eigenvalue weighted by Crippen LogP contribution is 2.37. The summed E-state index contributed by atoms with van der Waals surface area (Å²) in [5.41, 5.74) is 11.6. The number of fused-ring (bicyclic) bond motifs is 2. The molecule has 2 radical (unpaired) electrons. The van der Waals surface area contributed by atoms with Crippen LogP contribution in [0, 0.1) is 0 Å². The van der Waals surface area contributed by atoms with Crippen LogP contribution in [-0.4, -0.2) is 23.2 Å². The monoisotopic (exact) mass is 519 g/mol. The maximum absolute atomic E-state index is 6.91. The maximum Gasteiger partial charge on any atom is 0.587 e. The highest BCUT2D eigenvalue weighted by Gasteiger charge is 2.33. The van der Waals surface area contributed by atoms with E-state index < -0.39 is 0 Å². The van der Waals surface area contributed by atoms with Crippen LogP contribution in [0.3, 0.4) is 0 Å². The first-order valence-corrected chi connectivity index (χ1v) is 14.1. The predicted octanol–water partition coefficient (Wildman–Crippen LogP) is 8.88. The topological polar surface area (TPSA) is 18.8 Å². The average Bonchev–Trinajstić information content (AvgIpc) is 3.43. The number of hydrogen-bond acceptors (Lipinski definition) is 0. The maximum atomic E-state index is 6.91. The normalized spacial score (nSPS) is 14.8. The van der Waals surface area contributed by atoms with E-state index in [-0.39, 0.29) is 10.8 Å². The van der Waals surface area contributed by atoms with Crippen molar-refractivity contribution in [1.82, 2.24) is 4.98 Å². The van der Waals surface area contributed by atoms with Crippen LogP contribution in [0.15, 0.2) is 97.1 Å². The van der Waals surface area contributed by atoms with E-state index in [1.54, 1.807) is 0 Å². The minimum Gasteiger partial charge on any atom is -0.354 e. The Hall–Kier alpha value is -4.11. The summed E-state index contributed by atoms with van der Waals surface area (Å²) >= 11 is 0. The molecule has 0 bridgehead atoms. The Balaban J connectivity index is 1.49. The van der Waals surface area contributed by atoms with E-state index in [2.05, 4.69) is 150 Å². The van der Waals surface area contributed by atoms with Gasteiger partial charge in [0.25, 0.3) is 0 Å². The molecule has 1 aliphatic heterocycles. The second-order valence-corrected chi connectivity index (χ2v) is 12.9. The second-order valence-electron chi connectivity index (χ2n) is 12.9. The molecule has 0 unspecified atom stereocenters. The fraction of sp³-hybridized carbons (Fsp3) is 0.216. The molecule has 1 aromatic heterocycles. The SMILES string of the molecule is [B][N+]1=C(c2ccc(C(C)(C)C)cc2)c2ccccc2/C1=C/c1[nH]c(-c2ccc(C(C)(C)C)cc2)c2ccccc12. The Bertz CT molecular complexity index is 1780. The van der Waals surface area contributed by atoms with Gasteiger partial charge in [0.1, 0.15) is 0 Å². The van der Waals surface area contributed by atoms with Crippen molar-refractivity contribution in [2.24, 2.45) is 0 Å². The van der Waals surface area contributed by atoms with Crippen molar-refractivity contribution in [2.75, 3.05) is 0 Å². The number of aromatic amines is 1. The van der Waals surface area contributed by atoms with Crippen molar-refractivity contribution in [3.63, 3.8) is 0 Å². The summed E-state index contributed by atoms with van der Waals surface area (Å²) in [5.74, 6) is 0. The van der Waals surface area contributed by atoms with Gasteiger partial charge in [-0.15, -0.1) is 0 Å². The molecule has 0 spiro atoms. The molecule has 0 aliphatic carbocycles. The summed E-state index contributed by atoms with van der Waals surface area (Å²) in [6, 6.07) is 34.8. The van der Waals surface area contributed by atoms with E-state index in [1.807, 2.05) is 4.49 Å². The fourth-order valence-electron chi connectivity index (χ4n) is 5.68. The Kier molecular flexibility index (Phi) is 6.22.